The van der Waals surface area contributed by atoms with Crippen LogP contribution in [-0.4, -0.2) is 23.8 Å². The van der Waals surface area contributed by atoms with Crippen LogP contribution in [0, 0.1) is 0 Å². The van der Waals surface area contributed by atoms with Gasteiger partial charge in [0.1, 0.15) is 0 Å². The van der Waals surface area contributed by atoms with Crippen LogP contribution in [-0.2, 0) is 6.42 Å². The molecule has 1 fully saturated rings. The standard InChI is InChI=1S/C12H19NOS/c14-12(6-1-2-7-12)10-13-8-5-11-4-3-9-15-11/h3-4,9,13-14H,1-2,5-8,10H2. The van der Waals surface area contributed by atoms with Gasteiger partial charge in [-0.05, 0) is 30.7 Å². The maximum absolute atomic E-state index is 10.1. The lowest BCUT2D eigenvalue weighted by atomic mass is 10.0. The van der Waals surface area contributed by atoms with Crippen molar-refractivity contribution in [3.63, 3.8) is 0 Å². The Labute approximate surface area is 95.3 Å². The summed E-state index contributed by atoms with van der Waals surface area (Å²) in [5.74, 6) is 0. The molecule has 1 aromatic heterocycles. The van der Waals surface area contributed by atoms with Gasteiger partial charge in [0.05, 0.1) is 5.60 Å². The second-order valence-corrected chi connectivity index (χ2v) is 5.47. The van der Waals surface area contributed by atoms with Crippen LogP contribution in [0.25, 0.3) is 0 Å². The molecule has 0 amide bonds. The molecule has 3 heteroatoms. The first-order valence-electron chi connectivity index (χ1n) is 5.74. The Kier molecular flexibility index (Phi) is 3.78. The molecule has 0 radical (unpaired) electrons. The van der Waals surface area contributed by atoms with E-state index in [9.17, 15) is 5.11 Å². The van der Waals surface area contributed by atoms with Crippen LogP contribution in [0.5, 0.6) is 0 Å². The van der Waals surface area contributed by atoms with Gasteiger partial charge in [-0.15, -0.1) is 11.3 Å². The Bertz CT molecular complexity index is 278. The van der Waals surface area contributed by atoms with E-state index in [1.54, 1.807) is 11.3 Å². The van der Waals surface area contributed by atoms with Gasteiger partial charge in [0, 0.05) is 18.0 Å². The fourth-order valence-corrected chi connectivity index (χ4v) is 2.91. The van der Waals surface area contributed by atoms with Crippen LogP contribution in [0.2, 0.25) is 0 Å². The summed E-state index contributed by atoms with van der Waals surface area (Å²) < 4.78 is 0. The highest BCUT2D eigenvalue weighted by Crippen LogP contribution is 2.28. The molecule has 0 spiro atoms. The molecule has 0 saturated heterocycles. The van der Waals surface area contributed by atoms with Gasteiger partial charge in [-0.1, -0.05) is 18.9 Å². The minimum atomic E-state index is -0.407. The highest BCUT2D eigenvalue weighted by molar-refractivity contribution is 7.09. The van der Waals surface area contributed by atoms with Crippen LogP contribution in [0.4, 0.5) is 0 Å². The molecule has 0 bridgehead atoms. The second kappa shape index (κ2) is 5.10. The third-order valence-corrected chi connectivity index (χ3v) is 4.05. The van der Waals surface area contributed by atoms with E-state index in [1.165, 1.54) is 17.7 Å². The van der Waals surface area contributed by atoms with E-state index in [0.29, 0.717) is 0 Å². The predicted molar refractivity (Wildman–Crippen MR) is 64.3 cm³/mol. The summed E-state index contributed by atoms with van der Waals surface area (Å²) in [5.41, 5.74) is -0.407. The van der Waals surface area contributed by atoms with Crippen molar-refractivity contribution in [1.82, 2.24) is 5.32 Å². The molecule has 2 N–H and O–H groups in total. The first kappa shape index (κ1) is 11.1. The molecule has 0 aliphatic heterocycles. The van der Waals surface area contributed by atoms with Gasteiger partial charge in [-0.2, -0.15) is 0 Å². The summed E-state index contributed by atoms with van der Waals surface area (Å²) in [6, 6.07) is 4.25. The van der Waals surface area contributed by atoms with E-state index in [1.807, 2.05) is 0 Å². The molecule has 0 atom stereocenters. The summed E-state index contributed by atoms with van der Waals surface area (Å²) in [4.78, 5) is 1.42. The lowest BCUT2D eigenvalue weighted by Gasteiger charge is -2.22. The van der Waals surface area contributed by atoms with Gasteiger partial charge in [0.25, 0.3) is 0 Å². The van der Waals surface area contributed by atoms with Crippen LogP contribution in [0.3, 0.4) is 0 Å². The molecule has 1 saturated carbocycles. The summed E-state index contributed by atoms with van der Waals surface area (Å²) >= 11 is 1.80. The van der Waals surface area contributed by atoms with Gasteiger partial charge in [0.2, 0.25) is 0 Å². The van der Waals surface area contributed by atoms with Crippen LogP contribution >= 0.6 is 11.3 Å². The largest absolute Gasteiger partial charge is 0.389 e. The molecular weight excluding hydrogens is 206 g/mol. The third kappa shape index (κ3) is 3.30. The molecule has 15 heavy (non-hydrogen) atoms. The number of thiophene rings is 1. The van der Waals surface area contributed by atoms with Crippen molar-refractivity contribution in [1.29, 1.82) is 0 Å². The average Bonchev–Trinajstić information content (AvgIpc) is 2.84. The fourth-order valence-electron chi connectivity index (χ4n) is 2.20. The number of rotatable bonds is 5. The summed E-state index contributed by atoms with van der Waals surface area (Å²) in [7, 11) is 0. The Morgan fingerprint density at radius 1 is 1.40 bits per heavy atom. The van der Waals surface area contributed by atoms with Crippen molar-refractivity contribution in [2.45, 2.75) is 37.7 Å². The van der Waals surface area contributed by atoms with Crippen molar-refractivity contribution >= 4 is 11.3 Å². The molecule has 0 aromatic carbocycles. The molecule has 1 aromatic rings. The van der Waals surface area contributed by atoms with Crippen LogP contribution in [0.15, 0.2) is 17.5 Å². The normalized spacial score (nSPS) is 19.5. The first-order valence-corrected chi connectivity index (χ1v) is 6.62. The topological polar surface area (TPSA) is 32.3 Å². The second-order valence-electron chi connectivity index (χ2n) is 4.44. The molecule has 2 rings (SSSR count). The first-order chi connectivity index (χ1) is 7.29. The molecule has 2 nitrogen and oxygen atoms in total. The van der Waals surface area contributed by atoms with E-state index < -0.39 is 5.60 Å². The number of nitrogens with one attached hydrogen (secondary N) is 1. The van der Waals surface area contributed by atoms with Crippen LogP contribution < -0.4 is 5.32 Å². The quantitative estimate of drug-likeness (QED) is 0.753. The van der Waals surface area contributed by atoms with Crippen molar-refractivity contribution in [3.05, 3.63) is 22.4 Å². The molecule has 84 valence electrons. The average molecular weight is 225 g/mol. The van der Waals surface area contributed by atoms with Gasteiger partial charge < -0.3 is 10.4 Å². The van der Waals surface area contributed by atoms with Crippen LogP contribution in [0.1, 0.15) is 30.6 Å². The zero-order valence-corrected chi connectivity index (χ0v) is 9.85. The summed E-state index contributed by atoms with van der Waals surface area (Å²) in [6.45, 7) is 1.74. The molecule has 1 aliphatic rings. The Hall–Kier alpha value is -0.380. The van der Waals surface area contributed by atoms with E-state index in [-0.39, 0.29) is 0 Å². The van der Waals surface area contributed by atoms with Gasteiger partial charge in [0.15, 0.2) is 0 Å². The van der Waals surface area contributed by atoms with Crippen molar-refractivity contribution in [2.24, 2.45) is 0 Å². The molecule has 1 aliphatic carbocycles. The zero-order chi connectivity index (χ0) is 10.6. The number of aliphatic hydroxyl groups is 1. The Morgan fingerprint density at radius 2 is 2.20 bits per heavy atom. The fraction of sp³-hybridized carbons (Fsp3) is 0.667. The Balaban J connectivity index is 1.62. The maximum atomic E-state index is 10.1. The number of hydrogen-bond donors (Lipinski definition) is 2. The van der Waals surface area contributed by atoms with Gasteiger partial charge in [-0.3, -0.25) is 0 Å². The van der Waals surface area contributed by atoms with Crippen molar-refractivity contribution in [3.8, 4) is 0 Å². The lowest BCUT2D eigenvalue weighted by Crippen LogP contribution is -2.38. The van der Waals surface area contributed by atoms with Crippen molar-refractivity contribution < 1.29 is 5.11 Å². The van der Waals surface area contributed by atoms with Gasteiger partial charge in [-0.25, -0.2) is 0 Å². The predicted octanol–water partition coefficient (Wildman–Crippen LogP) is 2.19. The van der Waals surface area contributed by atoms with Crippen molar-refractivity contribution in [2.75, 3.05) is 13.1 Å². The number of hydrogen-bond acceptors (Lipinski definition) is 3. The maximum Gasteiger partial charge on any atom is 0.0771 e. The van der Waals surface area contributed by atoms with E-state index in [0.717, 1.165) is 32.4 Å². The van der Waals surface area contributed by atoms with E-state index in [4.69, 9.17) is 0 Å². The SMILES string of the molecule is OC1(CNCCc2cccs2)CCCC1. The smallest absolute Gasteiger partial charge is 0.0771 e. The summed E-state index contributed by atoms with van der Waals surface area (Å²) in [6.07, 6.45) is 5.39. The highest BCUT2D eigenvalue weighted by atomic mass is 32.1. The highest BCUT2D eigenvalue weighted by Gasteiger charge is 2.30. The minimum absolute atomic E-state index is 0.407. The lowest BCUT2D eigenvalue weighted by molar-refractivity contribution is 0.0481. The van der Waals surface area contributed by atoms with E-state index >= 15 is 0 Å². The minimum Gasteiger partial charge on any atom is -0.389 e. The Morgan fingerprint density at radius 3 is 2.87 bits per heavy atom. The molecule has 0 unspecified atom stereocenters. The monoisotopic (exact) mass is 225 g/mol. The molecule has 1 heterocycles. The summed E-state index contributed by atoms with van der Waals surface area (Å²) in [5, 5.41) is 15.6. The van der Waals surface area contributed by atoms with Gasteiger partial charge >= 0.3 is 0 Å². The zero-order valence-electron chi connectivity index (χ0n) is 9.04. The molecular formula is C12H19NOS. The van der Waals surface area contributed by atoms with E-state index in [2.05, 4.69) is 22.8 Å². The third-order valence-electron chi connectivity index (χ3n) is 3.12.